The van der Waals surface area contributed by atoms with Crippen LogP contribution < -0.4 is 4.90 Å². The number of thioether (sulfide) groups is 1. The summed E-state index contributed by atoms with van der Waals surface area (Å²) in [5.74, 6) is -1.79. The fourth-order valence-electron chi connectivity index (χ4n) is 6.44. The number of carbonyl (C=O) groups excluding carboxylic acids is 3. The fraction of sp³-hybridized carbons (Fsp3) is 0.567. The van der Waals surface area contributed by atoms with Gasteiger partial charge in [-0.15, -0.1) is 24.9 Å². The van der Waals surface area contributed by atoms with Crippen LogP contribution in [0.25, 0.3) is 0 Å². The normalized spacial score (nSPS) is 26.9. The summed E-state index contributed by atoms with van der Waals surface area (Å²) in [5.41, 5.74) is 0.579. The third kappa shape index (κ3) is 5.79. The van der Waals surface area contributed by atoms with Crippen molar-refractivity contribution in [3.8, 4) is 0 Å². The molecule has 1 spiro atoms. The van der Waals surface area contributed by atoms with Crippen molar-refractivity contribution in [3.05, 3.63) is 54.6 Å². The second kappa shape index (κ2) is 13.4. The molecule has 0 aromatic heterocycles. The Labute approximate surface area is 240 Å². The minimum absolute atomic E-state index is 0.0407. The van der Waals surface area contributed by atoms with Gasteiger partial charge in [-0.2, -0.15) is 0 Å². The van der Waals surface area contributed by atoms with E-state index in [-0.39, 0.29) is 36.2 Å². The van der Waals surface area contributed by atoms with E-state index in [9.17, 15) is 14.4 Å². The van der Waals surface area contributed by atoms with Crippen LogP contribution in [0.2, 0.25) is 5.02 Å². The number of hydrogen-bond donors (Lipinski definition) is 1. The number of hydrogen-bond acceptors (Lipinski definition) is 6. The first kappa shape index (κ1) is 29.7. The summed E-state index contributed by atoms with van der Waals surface area (Å²) >= 11 is 8.16. The van der Waals surface area contributed by atoms with Gasteiger partial charge in [-0.3, -0.25) is 14.4 Å². The van der Waals surface area contributed by atoms with Crippen LogP contribution in [0.5, 0.6) is 0 Å². The Balaban J connectivity index is 1.66. The number of unbranched alkanes of at least 4 members (excludes halogenated alkanes) is 4. The van der Waals surface area contributed by atoms with Gasteiger partial charge in [-0.25, -0.2) is 0 Å². The van der Waals surface area contributed by atoms with Crippen molar-refractivity contribution in [2.45, 2.75) is 67.4 Å². The van der Waals surface area contributed by atoms with Gasteiger partial charge in [0.2, 0.25) is 5.91 Å². The van der Waals surface area contributed by atoms with Gasteiger partial charge < -0.3 is 19.6 Å². The summed E-state index contributed by atoms with van der Waals surface area (Å²) in [7, 11) is 0. The molecule has 1 aromatic carbocycles. The molecule has 3 fully saturated rings. The zero-order chi connectivity index (χ0) is 28.0. The Morgan fingerprint density at radius 3 is 2.67 bits per heavy atom. The maximum Gasteiger partial charge on any atom is 0.310 e. The molecule has 3 heterocycles. The van der Waals surface area contributed by atoms with Gasteiger partial charge >= 0.3 is 5.97 Å². The number of para-hydroxylation sites is 1. The maximum atomic E-state index is 14.5. The van der Waals surface area contributed by atoms with E-state index in [1.165, 1.54) is 0 Å². The van der Waals surface area contributed by atoms with Crippen molar-refractivity contribution in [2.75, 3.05) is 31.2 Å². The largest absolute Gasteiger partial charge is 0.465 e. The van der Waals surface area contributed by atoms with Gasteiger partial charge in [0.25, 0.3) is 5.91 Å². The number of aliphatic hydroxyl groups excluding tert-OH is 1. The zero-order valence-electron chi connectivity index (χ0n) is 22.4. The van der Waals surface area contributed by atoms with E-state index in [0.717, 1.165) is 32.1 Å². The molecule has 3 aliphatic rings. The number of nitrogens with zero attached hydrogens (tertiary/aromatic N) is 2. The van der Waals surface area contributed by atoms with Gasteiger partial charge in [0, 0.05) is 24.9 Å². The smallest absolute Gasteiger partial charge is 0.310 e. The molecule has 2 bridgehead atoms. The second-order valence-electron chi connectivity index (χ2n) is 10.5. The lowest BCUT2D eigenvalue weighted by atomic mass is 9.71. The first-order chi connectivity index (χ1) is 18.9. The molecule has 3 aliphatic heterocycles. The van der Waals surface area contributed by atoms with Crippen LogP contribution in [-0.2, 0) is 19.1 Å². The zero-order valence-corrected chi connectivity index (χ0v) is 24.0. The number of allylic oxidation sites excluding steroid dienone is 1. The quantitative estimate of drug-likeness (QED) is 0.180. The predicted octanol–water partition coefficient (Wildman–Crippen LogP) is 5.01. The maximum absolute atomic E-state index is 14.5. The van der Waals surface area contributed by atoms with Crippen LogP contribution in [-0.4, -0.2) is 70.1 Å². The highest BCUT2D eigenvalue weighted by molar-refractivity contribution is 8.02. The standard InChI is InChI=1S/C30H39ClN2O5S/c1-3-5-12-20-38-29(37)24-23-15-16-30(39-23)25(24)27(35)33(18-10-6-7-11-19-34)26(30)28(36)32(17-4-2)22-14-9-8-13-21(22)31/h3-4,8-9,13-14,23-26,34H,1-2,5-7,10-12,15-20H2/t23-,24+,25+,26?,30?/m1/s1. The SMILES string of the molecule is C=CCCCOC(=O)[C@@H]1[C@H]2C(=O)N(CCCCCCO)C(C(=O)N(CC=C)c3ccccc3Cl)C23CC[C@H]1S3. The number of ether oxygens (including phenoxy) is 1. The second-order valence-corrected chi connectivity index (χ2v) is 12.5. The number of fused-ring (bicyclic) bond motifs is 1. The number of aliphatic hydroxyl groups is 1. The van der Waals surface area contributed by atoms with Crippen LogP contribution in [0.1, 0.15) is 51.4 Å². The minimum Gasteiger partial charge on any atom is -0.465 e. The molecule has 212 valence electrons. The van der Waals surface area contributed by atoms with Crippen molar-refractivity contribution in [1.29, 1.82) is 0 Å². The van der Waals surface area contributed by atoms with Crippen molar-refractivity contribution >= 4 is 46.8 Å². The topological polar surface area (TPSA) is 87.1 Å². The molecule has 1 N–H and O–H groups in total. The molecule has 2 amide bonds. The van der Waals surface area contributed by atoms with Crippen molar-refractivity contribution in [1.82, 2.24) is 4.90 Å². The van der Waals surface area contributed by atoms with Crippen LogP contribution in [0.3, 0.4) is 0 Å². The summed E-state index contributed by atoms with van der Waals surface area (Å²) in [6, 6.07) is 6.48. The highest BCUT2D eigenvalue weighted by Gasteiger charge is 2.74. The van der Waals surface area contributed by atoms with Crippen molar-refractivity contribution < 1.29 is 24.2 Å². The number of benzene rings is 1. The number of halogens is 1. The van der Waals surface area contributed by atoms with Crippen molar-refractivity contribution in [3.63, 3.8) is 0 Å². The van der Waals surface area contributed by atoms with Gasteiger partial charge in [0.05, 0.1) is 33.9 Å². The average molecular weight is 575 g/mol. The lowest BCUT2D eigenvalue weighted by Crippen LogP contribution is -2.55. The number of rotatable bonds is 15. The van der Waals surface area contributed by atoms with E-state index in [0.29, 0.717) is 43.1 Å². The molecule has 0 radical (unpaired) electrons. The first-order valence-corrected chi connectivity index (χ1v) is 15.2. The summed E-state index contributed by atoms with van der Waals surface area (Å²) in [5, 5.41) is 9.55. The van der Waals surface area contributed by atoms with E-state index < -0.39 is 22.6 Å². The Hall–Kier alpha value is -2.29. The highest BCUT2D eigenvalue weighted by Crippen LogP contribution is 2.66. The van der Waals surface area contributed by atoms with Crippen LogP contribution in [0.15, 0.2) is 49.6 Å². The van der Waals surface area contributed by atoms with Crippen molar-refractivity contribution in [2.24, 2.45) is 11.8 Å². The summed E-state index contributed by atoms with van der Waals surface area (Å²) in [6.07, 6.45) is 9.48. The van der Waals surface area contributed by atoms with Crippen LogP contribution in [0, 0.1) is 11.8 Å². The summed E-state index contributed by atoms with van der Waals surface area (Å²) < 4.78 is 4.96. The molecule has 39 heavy (non-hydrogen) atoms. The highest BCUT2D eigenvalue weighted by atomic mass is 35.5. The lowest BCUT2D eigenvalue weighted by Gasteiger charge is -2.37. The monoisotopic (exact) mass is 574 g/mol. The molecule has 2 unspecified atom stereocenters. The molecular weight excluding hydrogens is 536 g/mol. The number of anilines is 1. The number of likely N-dealkylation sites (tertiary alicyclic amines) is 1. The third-order valence-electron chi connectivity index (χ3n) is 8.13. The summed E-state index contributed by atoms with van der Waals surface area (Å²) in [4.78, 5) is 45.3. The molecule has 1 aromatic rings. The Morgan fingerprint density at radius 2 is 1.95 bits per heavy atom. The molecule has 4 rings (SSSR count). The number of esters is 1. The molecule has 0 saturated carbocycles. The van der Waals surface area contributed by atoms with Gasteiger partial charge in [-0.1, -0.05) is 48.7 Å². The minimum atomic E-state index is -0.711. The van der Waals surface area contributed by atoms with E-state index in [4.69, 9.17) is 21.4 Å². The van der Waals surface area contributed by atoms with E-state index >= 15 is 0 Å². The Kier molecular flexibility index (Phi) is 10.2. The van der Waals surface area contributed by atoms with E-state index in [1.807, 2.05) is 12.1 Å². The molecule has 3 saturated heterocycles. The van der Waals surface area contributed by atoms with Gasteiger partial charge in [0.15, 0.2) is 0 Å². The van der Waals surface area contributed by atoms with E-state index in [2.05, 4.69) is 13.2 Å². The van der Waals surface area contributed by atoms with Crippen LogP contribution in [0.4, 0.5) is 5.69 Å². The third-order valence-corrected chi connectivity index (χ3v) is 10.4. The van der Waals surface area contributed by atoms with Crippen LogP contribution >= 0.6 is 23.4 Å². The molecule has 7 nitrogen and oxygen atoms in total. The van der Waals surface area contributed by atoms with Gasteiger partial charge in [-0.05, 0) is 50.7 Å². The molecular formula is C30H39ClN2O5S. The summed E-state index contributed by atoms with van der Waals surface area (Å²) in [6.45, 7) is 8.67. The fourth-order valence-corrected chi connectivity index (χ4v) is 8.88. The van der Waals surface area contributed by atoms with E-state index in [1.54, 1.807) is 45.8 Å². The number of carbonyl (C=O) groups is 3. The molecule has 9 heteroatoms. The lowest BCUT2D eigenvalue weighted by molar-refractivity contribution is -0.154. The molecule has 0 aliphatic carbocycles. The molecule has 5 atom stereocenters. The van der Waals surface area contributed by atoms with Gasteiger partial charge in [0.1, 0.15) is 6.04 Å². The Morgan fingerprint density at radius 1 is 1.18 bits per heavy atom. The predicted molar refractivity (Wildman–Crippen MR) is 156 cm³/mol. The Bertz CT molecular complexity index is 1080. The number of amides is 2. The first-order valence-electron chi connectivity index (χ1n) is 13.9. The average Bonchev–Trinajstić information content (AvgIpc) is 3.57.